The summed E-state index contributed by atoms with van der Waals surface area (Å²) in [5.41, 5.74) is -0.338. The van der Waals surface area contributed by atoms with E-state index in [4.69, 9.17) is 32.7 Å². The Morgan fingerprint density at radius 3 is 2.53 bits per heavy atom. The molecule has 7 heteroatoms. The maximum atomic E-state index is 14.1. The molecule has 4 bridgehead atoms. The summed E-state index contributed by atoms with van der Waals surface area (Å²) in [6, 6.07) is 2.65. The van der Waals surface area contributed by atoms with Gasteiger partial charge in [0.15, 0.2) is 17.2 Å². The van der Waals surface area contributed by atoms with E-state index in [1.807, 2.05) is 19.9 Å². The first-order valence-corrected chi connectivity index (χ1v) is 11.7. The molecule has 0 saturated carbocycles. The predicted octanol–water partition coefficient (Wildman–Crippen LogP) is 5.75. The number of phenols is 1. The van der Waals surface area contributed by atoms with Gasteiger partial charge in [-0.1, -0.05) is 17.7 Å². The molecular weight excluding hydrogens is 451 g/mol. The van der Waals surface area contributed by atoms with Crippen LogP contribution in [0.2, 0.25) is 0 Å². The molecule has 3 aliphatic heterocycles. The molecule has 0 amide bonds. The minimum atomic E-state index is -1.69. The SMILES string of the molecule is CC1=CC[C@]23OC(C)(C)[C@@H](Cl)C[C@@]2(Cl)C(=O)c2c(cc(O)cc2C3=O)OC/C(C)=C\CC1. The van der Waals surface area contributed by atoms with Crippen LogP contribution in [0.5, 0.6) is 11.5 Å². The van der Waals surface area contributed by atoms with Gasteiger partial charge in [0, 0.05) is 18.1 Å². The zero-order valence-corrected chi connectivity index (χ0v) is 20.3. The topological polar surface area (TPSA) is 72.8 Å². The number of hydrogen-bond acceptors (Lipinski definition) is 5. The number of hydrogen-bond donors (Lipinski definition) is 1. The quantitative estimate of drug-likeness (QED) is 0.379. The van der Waals surface area contributed by atoms with E-state index in [-0.39, 0.29) is 42.1 Å². The summed E-state index contributed by atoms with van der Waals surface area (Å²) < 4.78 is 12.3. The van der Waals surface area contributed by atoms with Crippen molar-refractivity contribution >= 4 is 34.8 Å². The molecule has 1 aromatic rings. The fourth-order valence-electron chi connectivity index (χ4n) is 4.81. The van der Waals surface area contributed by atoms with E-state index < -0.39 is 33.0 Å². The summed E-state index contributed by atoms with van der Waals surface area (Å²) in [5, 5.41) is 9.77. The van der Waals surface area contributed by atoms with Gasteiger partial charge in [-0.25, -0.2) is 0 Å². The number of phenolic OH excluding ortho intramolecular Hbond substituents is 1. The Labute approximate surface area is 198 Å². The first kappa shape index (κ1) is 23.3. The van der Waals surface area contributed by atoms with E-state index in [1.54, 1.807) is 13.8 Å². The summed E-state index contributed by atoms with van der Waals surface area (Å²) in [6.07, 6.45) is 5.84. The van der Waals surface area contributed by atoms with Crippen LogP contribution in [-0.2, 0) is 4.74 Å². The molecule has 0 aromatic heterocycles. The van der Waals surface area contributed by atoms with Crippen molar-refractivity contribution in [2.45, 2.75) is 74.8 Å². The Morgan fingerprint density at radius 1 is 1.09 bits per heavy atom. The van der Waals surface area contributed by atoms with Crippen molar-refractivity contribution < 1.29 is 24.2 Å². The number of ether oxygens (including phenoxy) is 2. The van der Waals surface area contributed by atoms with E-state index in [0.717, 1.165) is 24.0 Å². The highest BCUT2D eigenvalue weighted by molar-refractivity contribution is 6.45. The monoisotopic (exact) mass is 478 g/mol. The summed E-state index contributed by atoms with van der Waals surface area (Å²) in [5.74, 6) is -0.926. The standard InChI is InChI=1S/C25H28Cl2O5/c1-14-6-5-7-15(2)13-31-18-11-16(28)10-17-20(18)22(30)24(27)12-19(26)23(3,4)32-25(24,9-8-14)21(17)29/h7-8,10-11,19,28H,5-6,9,12-13H2,1-4H3/b14-8?,15-7-/t19-,24+,25+/m0/s1. The van der Waals surface area contributed by atoms with Crippen molar-refractivity contribution in [2.24, 2.45) is 0 Å². The summed E-state index contributed by atoms with van der Waals surface area (Å²) in [6.45, 7) is 7.76. The third-order valence-electron chi connectivity index (χ3n) is 6.80. The second-order valence-corrected chi connectivity index (χ2v) is 10.8. The van der Waals surface area contributed by atoms with E-state index in [1.165, 1.54) is 12.1 Å². The molecule has 0 radical (unpaired) electrons. The van der Waals surface area contributed by atoms with Gasteiger partial charge in [0.2, 0.25) is 0 Å². The van der Waals surface area contributed by atoms with Gasteiger partial charge in [-0.05, 0) is 58.6 Å². The van der Waals surface area contributed by atoms with Gasteiger partial charge in [0.25, 0.3) is 0 Å². The number of rotatable bonds is 0. The molecule has 1 fully saturated rings. The summed E-state index contributed by atoms with van der Waals surface area (Å²) in [7, 11) is 0. The minimum Gasteiger partial charge on any atom is -0.508 e. The van der Waals surface area contributed by atoms with E-state index >= 15 is 0 Å². The lowest BCUT2D eigenvalue weighted by Gasteiger charge is -2.56. The molecule has 1 saturated heterocycles. The van der Waals surface area contributed by atoms with E-state index in [9.17, 15) is 14.7 Å². The highest BCUT2D eigenvalue weighted by Crippen LogP contribution is 2.56. The number of Topliss-reactive ketones (excluding diaryl/α,β-unsaturated/α-hetero) is 2. The zero-order valence-electron chi connectivity index (χ0n) is 18.8. The van der Waals surface area contributed by atoms with Gasteiger partial charge in [-0.2, -0.15) is 0 Å². The number of halogens is 2. The van der Waals surface area contributed by atoms with Gasteiger partial charge in [-0.15, -0.1) is 23.2 Å². The number of fused-ring (bicyclic) bond motifs is 6. The third-order valence-corrected chi connectivity index (χ3v) is 8.11. The number of aromatic hydroxyl groups is 1. The van der Waals surface area contributed by atoms with Crippen LogP contribution in [0.25, 0.3) is 0 Å². The zero-order chi connectivity index (χ0) is 23.5. The molecule has 1 N–H and O–H groups in total. The number of ketones is 2. The third kappa shape index (κ3) is 3.49. The van der Waals surface area contributed by atoms with Crippen molar-refractivity contribution in [3.05, 3.63) is 46.6 Å². The maximum absolute atomic E-state index is 14.1. The number of carbonyl (C=O) groups is 2. The van der Waals surface area contributed by atoms with Crippen molar-refractivity contribution in [3.8, 4) is 11.5 Å². The Bertz CT molecular complexity index is 1060. The van der Waals surface area contributed by atoms with Crippen LogP contribution in [0.15, 0.2) is 35.4 Å². The molecule has 0 unspecified atom stereocenters. The number of allylic oxidation sites excluding steroid dienone is 2. The molecule has 1 aromatic carbocycles. The maximum Gasteiger partial charge on any atom is 0.198 e. The average Bonchev–Trinajstić information content (AvgIpc) is 2.71. The van der Waals surface area contributed by atoms with Crippen LogP contribution in [0, 0.1) is 0 Å². The van der Waals surface area contributed by atoms with Crippen molar-refractivity contribution in [1.29, 1.82) is 0 Å². The molecule has 1 aliphatic carbocycles. The van der Waals surface area contributed by atoms with Gasteiger partial charge >= 0.3 is 0 Å². The van der Waals surface area contributed by atoms with Crippen LogP contribution in [0.3, 0.4) is 0 Å². The fourth-order valence-corrected chi connectivity index (χ4v) is 5.62. The molecular formula is C25H28Cl2O5. The summed E-state index contributed by atoms with van der Waals surface area (Å²) >= 11 is 13.7. The lowest BCUT2D eigenvalue weighted by atomic mass is 9.63. The van der Waals surface area contributed by atoms with Crippen LogP contribution < -0.4 is 4.74 Å². The van der Waals surface area contributed by atoms with Gasteiger partial charge in [-0.3, -0.25) is 9.59 Å². The van der Waals surface area contributed by atoms with Crippen LogP contribution in [-0.4, -0.2) is 44.7 Å². The Morgan fingerprint density at radius 2 is 1.81 bits per heavy atom. The molecule has 32 heavy (non-hydrogen) atoms. The number of carbonyl (C=O) groups excluding carboxylic acids is 2. The van der Waals surface area contributed by atoms with Crippen LogP contribution >= 0.6 is 23.2 Å². The molecule has 4 aliphatic rings. The number of alkyl halides is 2. The fraction of sp³-hybridized carbons (Fsp3) is 0.520. The first-order valence-electron chi connectivity index (χ1n) is 10.8. The average molecular weight is 479 g/mol. The smallest absolute Gasteiger partial charge is 0.198 e. The molecule has 1 spiro atoms. The van der Waals surface area contributed by atoms with Crippen molar-refractivity contribution in [2.75, 3.05) is 6.61 Å². The second-order valence-electron chi connectivity index (χ2n) is 9.66. The predicted molar refractivity (Wildman–Crippen MR) is 124 cm³/mol. The van der Waals surface area contributed by atoms with Crippen LogP contribution in [0.4, 0.5) is 0 Å². The highest BCUT2D eigenvalue weighted by atomic mass is 35.5. The number of benzene rings is 1. The van der Waals surface area contributed by atoms with Crippen LogP contribution in [0.1, 0.15) is 74.1 Å². The van der Waals surface area contributed by atoms with E-state index in [2.05, 4.69) is 6.08 Å². The Hall–Kier alpha value is -1.82. The van der Waals surface area contributed by atoms with Crippen molar-refractivity contribution in [1.82, 2.24) is 0 Å². The molecule has 172 valence electrons. The Kier molecular flexibility index (Phi) is 5.76. The minimum absolute atomic E-state index is 0.0647. The highest BCUT2D eigenvalue weighted by Gasteiger charge is 2.70. The molecule has 5 rings (SSSR count). The second kappa shape index (κ2) is 7.89. The first-order chi connectivity index (χ1) is 14.9. The van der Waals surface area contributed by atoms with Gasteiger partial charge in [0.1, 0.15) is 23.0 Å². The van der Waals surface area contributed by atoms with Gasteiger partial charge < -0.3 is 14.6 Å². The lowest BCUT2D eigenvalue weighted by molar-refractivity contribution is -0.157. The lowest BCUT2D eigenvalue weighted by Crippen LogP contribution is -2.72. The largest absolute Gasteiger partial charge is 0.508 e. The van der Waals surface area contributed by atoms with E-state index in [0.29, 0.717) is 0 Å². The molecule has 3 atom stereocenters. The summed E-state index contributed by atoms with van der Waals surface area (Å²) in [4.78, 5) is 26.3. The molecule has 3 heterocycles. The van der Waals surface area contributed by atoms with Gasteiger partial charge in [0.05, 0.1) is 16.5 Å². The Balaban J connectivity index is 2.01. The normalized spacial score (nSPS) is 34.0. The molecule has 5 nitrogen and oxygen atoms in total. The van der Waals surface area contributed by atoms with Crippen molar-refractivity contribution in [3.63, 3.8) is 0 Å².